The molecule has 4 rings (SSSR count). The number of nitrogens with zero attached hydrogens (tertiary/aromatic N) is 4. The first-order chi connectivity index (χ1) is 18.2. The largest absolute Gasteiger partial charge is 0.497 e. The molecule has 8 nitrogen and oxygen atoms in total. The Morgan fingerprint density at radius 2 is 1.71 bits per heavy atom. The summed E-state index contributed by atoms with van der Waals surface area (Å²) in [7, 11) is -1.99. The molecule has 10 heteroatoms. The number of rotatable bonds is 10. The Labute approximate surface area is 230 Å². The van der Waals surface area contributed by atoms with Gasteiger partial charge in [-0.25, -0.2) is 13.4 Å². The summed E-state index contributed by atoms with van der Waals surface area (Å²) in [5.41, 5.74) is 1.23. The molecule has 1 aliphatic heterocycles. The number of sulfonamides is 1. The minimum absolute atomic E-state index is 0.202. The number of piperidine rings is 1. The molecule has 1 saturated heterocycles. The minimum atomic E-state index is -3.62. The number of methoxy groups -OCH3 is 1. The van der Waals surface area contributed by atoms with Crippen molar-refractivity contribution in [1.82, 2.24) is 14.2 Å². The second-order valence-electron chi connectivity index (χ2n) is 10.1. The highest BCUT2D eigenvalue weighted by Crippen LogP contribution is 2.32. The van der Waals surface area contributed by atoms with Crippen molar-refractivity contribution in [3.8, 4) is 5.75 Å². The summed E-state index contributed by atoms with van der Waals surface area (Å²) in [5, 5.41) is 0.610. The van der Waals surface area contributed by atoms with E-state index in [0.29, 0.717) is 48.7 Å². The summed E-state index contributed by atoms with van der Waals surface area (Å²) < 4.78 is 34.5. The second kappa shape index (κ2) is 12.1. The van der Waals surface area contributed by atoms with Crippen molar-refractivity contribution in [3.63, 3.8) is 0 Å². The zero-order valence-corrected chi connectivity index (χ0v) is 24.5. The quantitative estimate of drug-likeness (QED) is 0.350. The van der Waals surface area contributed by atoms with Crippen LogP contribution in [0.4, 0.5) is 5.13 Å². The van der Waals surface area contributed by atoms with Crippen LogP contribution in [0.5, 0.6) is 5.75 Å². The van der Waals surface area contributed by atoms with Crippen LogP contribution in [0.1, 0.15) is 44.5 Å². The summed E-state index contributed by atoms with van der Waals surface area (Å²) in [6.45, 7) is 12.4. The van der Waals surface area contributed by atoms with Gasteiger partial charge in [0.25, 0.3) is 5.91 Å². The first-order valence-corrected chi connectivity index (χ1v) is 15.5. The Bertz CT molecular complexity index is 1340. The van der Waals surface area contributed by atoms with E-state index in [9.17, 15) is 13.2 Å². The maximum Gasteiger partial charge on any atom is 0.260 e. The smallest absolute Gasteiger partial charge is 0.260 e. The van der Waals surface area contributed by atoms with Gasteiger partial charge in [0, 0.05) is 31.7 Å². The van der Waals surface area contributed by atoms with Gasteiger partial charge in [-0.1, -0.05) is 39.0 Å². The molecule has 2 heterocycles. The summed E-state index contributed by atoms with van der Waals surface area (Å²) in [6, 6.07) is 12.0. The molecule has 0 bridgehead atoms. The normalized spacial score (nSPS) is 18.7. The number of hydrogen-bond donors (Lipinski definition) is 0. The lowest BCUT2D eigenvalue weighted by Crippen LogP contribution is -2.42. The van der Waals surface area contributed by atoms with Crippen molar-refractivity contribution in [2.24, 2.45) is 11.8 Å². The molecular formula is C28H38N4O4S2. The third-order valence-corrected chi connectivity index (χ3v) is 10.1. The number of benzene rings is 2. The first kappa shape index (κ1) is 28.5. The zero-order chi connectivity index (χ0) is 27.4. The number of carbonyl (C=O) groups excluding carboxylic acids is 1. The SMILES string of the molecule is CCN(CC)CCN(C(=O)c1ccc(S(=O)(=O)N2CC(C)CC(C)C2)cc1)c1nc2ccc(OC)cc2s1. The van der Waals surface area contributed by atoms with E-state index in [1.807, 2.05) is 18.2 Å². The van der Waals surface area contributed by atoms with Crippen LogP contribution in [0.25, 0.3) is 10.2 Å². The summed E-state index contributed by atoms with van der Waals surface area (Å²) in [5.74, 6) is 1.18. The van der Waals surface area contributed by atoms with Gasteiger partial charge in [-0.15, -0.1) is 0 Å². The van der Waals surface area contributed by atoms with Gasteiger partial charge in [-0.05, 0) is 73.8 Å². The van der Waals surface area contributed by atoms with Crippen LogP contribution in [0, 0.1) is 11.8 Å². The van der Waals surface area contributed by atoms with E-state index in [2.05, 4.69) is 32.6 Å². The van der Waals surface area contributed by atoms with E-state index in [4.69, 9.17) is 9.72 Å². The van der Waals surface area contributed by atoms with E-state index in [0.717, 1.165) is 35.5 Å². The van der Waals surface area contributed by atoms with Gasteiger partial charge in [0.05, 0.1) is 22.2 Å². The number of ether oxygens (including phenoxy) is 1. The molecule has 38 heavy (non-hydrogen) atoms. The van der Waals surface area contributed by atoms with Crippen molar-refractivity contribution in [1.29, 1.82) is 0 Å². The Morgan fingerprint density at radius 3 is 2.32 bits per heavy atom. The van der Waals surface area contributed by atoms with Crippen LogP contribution in [0.15, 0.2) is 47.4 Å². The number of thiazole rings is 1. The Kier molecular flexibility index (Phi) is 9.07. The van der Waals surface area contributed by atoms with Crippen LogP contribution in [0.2, 0.25) is 0 Å². The highest BCUT2D eigenvalue weighted by Gasteiger charge is 2.32. The second-order valence-corrected chi connectivity index (χ2v) is 13.1. The Morgan fingerprint density at radius 1 is 1.05 bits per heavy atom. The number of anilines is 1. The predicted octanol–water partition coefficient (Wildman–Crippen LogP) is 4.96. The molecule has 0 spiro atoms. The van der Waals surface area contributed by atoms with Crippen LogP contribution < -0.4 is 9.64 Å². The maximum atomic E-state index is 13.8. The van der Waals surface area contributed by atoms with Crippen LogP contribution in [-0.2, 0) is 10.0 Å². The van der Waals surface area contributed by atoms with Gasteiger partial charge < -0.3 is 9.64 Å². The van der Waals surface area contributed by atoms with Crippen LogP contribution in [0.3, 0.4) is 0 Å². The third kappa shape index (κ3) is 6.20. The van der Waals surface area contributed by atoms with E-state index in [1.165, 1.54) is 11.3 Å². The maximum absolute atomic E-state index is 13.8. The molecule has 2 aromatic carbocycles. The number of aromatic nitrogens is 1. The van der Waals surface area contributed by atoms with Gasteiger partial charge in [-0.2, -0.15) is 4.31 Å². The number of carbonyl (C=O) groups is 1. The topological polar surface area (TPSA) is 83.1 Å². The molecule has 2 unspecified atom stereocenters. The fourth-order valence-corrected chi connectivity index (χ4v) is 7.77. The van der Waals surface area contributed by atoms with E-state index in [-0.39, 0.29) is 10.8 Å². The standard InChI is InChI=1S/C28H38N4O4S2/c1-6-30(7-2)14-15-32(28-29-25-13-10-23(36-5)17-26(25)37-28)27(33)22-8-11-24(12-9-22)38(34,35)31-18-20(3)16-21(4)19-31/h8-13,17,20-21H,6-7,14-16,18-19H2,1-5H3. The molecule has 3 aromatic rings. The molecule has 1 amide bonds. The van der Waals surface area contributed by atoms with E-state index in [1.54, 1.807) is 40.6 Å². The predicted molar refractivity (Wildman–Crippen MR) is 154 cm³/mol. The lowest BCUT2D eigenvalue weighted by atomic mass is 9.94. The molecule has 0 saturated carbocycles. The van der Waals surface area contributed by atoms with Gasteiger partial charge in [0.2, 0.25) is 10.0 Å². The van der Waals surface area contributed by atoms with Crippen molar-refractivity contribution >= 4 is 42.6 Å². The fourth-order valence-electron chi connectivity index (χ4n) is 5.08. The molecule has 0 N–H and O–H groups in total. The lowest BCUT2D eigenvalue weighted by Gasteiger charge is -2.34. The summed E-state index contributed by atoms with van der Waals surface area (Å²) in [4.78, 5) is 22.7. The zero-order valence-electron chi connectivity index (χ0n) is 22.9. The van der Waals surface area contributed by atoms with Gasteiger partial charge in [-0.3, -0.25) is 9.69 Å². The number of fused-ring (bicyclic) bond motifs is 1. The monoisotopic (exact) mass is 558 g/mol. The summed E-state index contributed by atoms with van der Waals surface area (Å²) in [6.07, 6.45) is 1.03. The van der Waals surface area contributed by atoms with Crippen molar-refractivity contribution in [3.05, 3.63) is 48.0 Å². The number of likely N-dealkylation sites (N-methyl/N-ethyl adjacent to an activating group) is 1. The third-order valence-electron chi connectivity index (χ3n) is 7.17. The van der Waals surface area contributed by atoms with Gasteiger partial charge in [0.1, 0.15) is 5.75 Å². The molecular weight excluding hydrogens is 520 g/mol. The van der Waals surface area contributed by atoms with Crippen LogP contribution in [-0.4, -0.2) is 74.9 Å². The molecule has 2 atom stereocenters. The molecule has 0 radical (unpaired) electrons. The van der Waals surface area contributed by atoms with Crippen molar-refractivity contribution in [2.75, 3.05) is 51.3 Å². The minimum Gasteiger partial charge on any atom is -0.497 e. The molecule has 0 aliphatic carbocycles. The van der Waals surface area contributed by atoms with Gasteiger partial charge >= 0.3 is 0 Å². The van der Waals surface area contributed by atoms with Crippen molar-refractivity contribution < 1.29 is 17.9 Å². The Hall–Kier alpha value is -2.53. The summed E-state index contributed by atoms with van der Waals surface area (Å²) >= 11 is 1.44. The average Bonchev–Trinajstić information content (AvgIpc) is 3.33. The molecule has 1 aromatic heterocycles. The van der Waals surface area contributed by atoms with Gasteiger partial charge in [0.15, 0.2) is 5.13 Å². The number of hydrogen-bond acceptors (Lipinski definition) is 7. The van der Waals surface area contributed by atoms with Crippen molar-refractivity contribution in [2.45, 2.75) is 39.0 Å². The van der Waals surface area contributed by atoms with Crippen LogP contribution >= 0.6 is 11.3 Å². The van der Waals surface area contributed by atoms with E-state index >= 15 is 0 Å². The molecule has 1 aliphatic rings. The first-order valence-electron chi connectivity index (χ1n) is 13.2. The number of amides is 1. The highest BCUT2D eigenvalue weighted by molar-refractivity contribution is 7.89. The van der Waals surface area contributed by atoms with E-state index < -0.39 is 10.0 Å². The lowest BCUT2D eigenvalue weighted by molar-refractivity contribution is 0.0983. The molecule has 206 valence electrons. The molecule has 1 fully saturated rings. The Balaban J connectivity index is 1.61. The average molecular weight is 559 g/mol. The highest BCUT2D eigenvalue weighted by atomic mass is 32.2. The fraction of sp³-hybridized carbons (Fsp3) is 0.500.